The minimum atomic E-state index is -4.37. The zero-order chi connectivity index (χ0) is 17.6. The van der Waals surface area contributed by atoms with E-state index in [1.165, 1.54) is 6.07 Å². The van der Waals surface area contributed by atoms with Gasteiger partial charge in [-0.25, -0.2) is 0 Å². The molecule has 2 aliphatic heterocycles. The molecular formula is C19H19BrF3NO. The van der Waals surface area contributed by atoms with E-state index in [-0.39, 0.29) is 18.1 Å². The van der Waals surface area contributed by atoms with Gasteiger partial charge in [-0.05, 0) is 47.3 Å². The van der Waals surface area contributed by atoms with Gasteiger partial charge >= 0.3 is 6.18 Å². The molecule has 0 spiro atoms. The molecule has 0 radical (unpaired) electrons. The maximum absolute atomic E-state index is 13.2. The van der Waals surface area contributed by atoms with E-state index in [2.05, 4.69) is 33.4 Å². The van der Waals surface area contributed by atoms with Crippen molar-refractivity contribution in [1.29, 1.82) is 0 Å². The molecule has 25 heavy (non-hydrogen) atoms. The Labute approximate surface area is 153 Å². The third kappa shape index (κ3) is 3.14. The maximum atomic E-state index is 13.2. The predicted octanol–water partition coefficient (Wildman–Crippen LogP) is 5.86. The van der Waals surface area contributed by atoms with E-state index in [9.17, 15) is 13.2 Å². The second-order valence-corrected chi connectivity index (χ2v) is 7.75. The van der Waals surface area contributed by atoms with Crippen LogP contribution in [0.2, 0.25) is 0 Å². The second kappa shape index (κ2) is 6.47. The summed E-state index contributed by atoms with van der Waals surface area (Å²) >= 11 is 3.34. The molecule has 0 amide bonds. The molecule has 1 aliphatic carbocycles. The Morgan fingerprint density at radius 2 is 2.04 bits per heavy atom. The number of allylic oxidation sites excluding steroid dienone is 3. The van der Waals surface area contributed by atoms with Gasteiger partial charge in [0.25, 0.3) is 0 Å². The summed E-state index contributed by atoms with van der Waals surface area (Å²) in [4.78, 5) is 0. The average Bonchev–Trinajstić information content (AvgIpc) is 2.61. The first kappa shape index (κ1) is 17.2. The van der Waals surface area contributed by atoms with E-state index in [4.69, 9.17) is 4.74 Å². The first-order valence-electron chi connectivity index (χ1n) is 8.57. The summed E-state index contributed by atoms with van der Waals surface area (Å²) < 4.78 is 46.1. The number of fused-ring (bicyclic) bond motifs is 3. The summed E-state index contributed by atoms with van der Waals surface area (Å²) in [5.41, 5.74) is 0.730. The lowest BCUT2D eigenvalue weighted by Crippen LogP contribution is -2.45. The third-order valence-electron chi connectivity index (χ3n) is 5.37. The first-order chi connectivity index (χ1) is 11.9. The van der Waals surface area contributed by atoms with Crippen molar-refractivity contribution in [3.63, 3.8) is 0 Å². The molecule has 0 bridgehead atoms. The molecule has 1 fully saturated rings. The minimum absolute atomic E-state index is 0.159. The molecule has 0 saturated carbocycles. The first-order valence-corrected chi connectivity index (χ1v) is 9.36. The Kier molecular flexibility index (Phi) is 4.44. The van der Waals surface area contributed by atoms with Crippen LogP contribution in [-0.4, -0.2) is 12.6 Å². The number of alkyl halides is 3. The summed E-state index contributed by atoms with van der Waals surface area (Å²) in [7, 11) is 0. The standard InChI is InChI=1S/C19H19BrF3NO/c20-15-10-12(19(21,22)23)9-14-17(15)24-16(11-5-2-1-3-6-11)13-7-4-8-25-18(13)14/h1-3,5,9-11,13,16,18,24H,4,6-8H2/t11?,13-,16-,18-/m0/s1. The maximum Gasteiger partial charge on any atom is 0.416 e. The summed E-state index contributed by atoms with van der Waals surface area (Å²) in [6.07, 6.45) is 6.60. The summed E-state index contributed by atoms with van der Waals surface area (Å²) in [5.74, 6) is 0.499. The van der Waals surface area contributed by atoms with Crippen LogP contribution in [0.1, 0.15) is 36.5 Å². The average molecular weight is 414 g/mol. The quantitative estimate of drug-likeness (QED) is 0.622. The van der Waals surface area contributed by atoms with Crippen LogP contribution in [0.5, 0.6) is 0 Å². The molecule has 134 valence electrons. The van der Waals surface area contributed by atoms with Gasteiger partial charge in [0.05, 0.1) is 17.4 Å². The van der Waals surface area contributed by atoms with Gasteiger partial charge in [-0.1, -0.05) is 24.3 Å². The van der Waals surface area contributed by atoms with Crippen LogP contribution in [-0.2, 0) is 10.9 Å². The Balaban J connectivity index is 1.77. The molecule has 0 aromatic heterocycles. The highest BCUT2D eigenvalue weighted by Gasteiger charge is 2.43. The van der Waals surface area contributed by atoms with E-state index in [0.717, 1.165) is 31.0 Å². The molecule has 1 saturated heterocycles. The summed E-state index contributed by atoms with van der Waals surface area (Å²) in [6, 6.07) is 2.57. The van der Waals surface area contributed by atoms with E-state index in [1.807, 2.05) is 12.2 Å². The van der Waals surface area contributed by atoms with Gasteiger partial charge < -0.3 is 10.1 Å². The summed E-state index contributed by atoms with van der Waals surface area (Å²) in [5, 5.41) is 3.53. The van der Waals surface area contributed by atoms with E-state index >= 15 is 0 Å². The molecule has 1 aromatic carbocycles. The van der Waals surface area contributed by atoms with Crippen LogP contribution >= 0.6 is 15.9 Å². The Morgan fingerprint density at radius 1 is 1.20 bits per heavy atom. The third-order valence-corrected chi connectivity index (χ3v) is 6.00. The van der Waals surface area contributed by atoms with Crippen molar-refractivity contribution < 1.29 is 17.9 Å². The van der Waals surface area contributed by atoms with Gasteiger partial charge in [-0.15, -0.1) is 0 Å². The molecule has 3 aliphatic rings. The molecule has 1 aromatic rings. The minimum Gasteiger partial charge on any atom is -0.380 e. The molecule has 2 nitrogen and oxygen atoms in total. The lowest BCUT2D eigenvalue weighted by molar-refractivity contribution is -0.137. The SMILES string of the molecule is FC(F)(F)c1cc(Br)c2c(c1)[C@H]1OCCC[C@H]1[C@H](C1C=CC=CC1)N2. The topological polar surface area (TPSA) is 21.3 Å². The fraction of sp³-hybridized carbons (Fsp3) is 0.474. The number of nitrogens with one attached hydrogen (secondary N) is 1. The number of anilines is 1. The molecular weight excluding hydrogens is 395 g/mol. The summed E-state index contributed by atoms with van der Waals surface area (Å²) in [6.45, 7) is 0.599. The van der Waals surface area contributed by atoms with Crippen molar-refractivity contribution in [3.05, 3.63) is 52.0 Å². The van der Waals surface area contributed by atoms with Crippen molar-refractivity contribution in [1.82, 2.24) is 0 Å². The lowest BCUT2D eigenvalue weighted by atomic mass is 9.73. The van der Waals surface area contributed by atoms with Crippen LogP contribution in [0.4, 0.5) is 18.9 Å². The van der Waals surface area contributed by atoms with Crippen LogP contribution in [0.3, 0.4) is 0 Å². The Morgan fingerprint density at radius 3 is 2.76 bits per heavy atom. The molecule has 4 rings (SSSR count). The predicted molar refractivity (Wildman–Crippen MR) is 94.4 cm³/mol. The molecule has 6 heteroatoms. The van der Waals surface area contributed by atoms with Crippen molar-refractivity contribution in [3.8, 4) is 0 Å². The number of ether oxygens (including phenoxy) is 1. The van der Waals surface area contributed by atoms with Gasteiger partial charge in [0, 0.05) is 34.5 Å². The Bertz CT molecular complexity index is 728. The van der Waals surface area contributed by atoms with Crippen molar-refractivity contribution in [2.75, 3.05) is 11.9 Å². The second-order valence-electron chi connectivity index (χ2n) is 6.90. The monoisotopic (exact) mass is 413 g/mol. The fourth-order valence-electron chi connectivity index (χ4n) is 4.23. The van der Waals surface area contributed by atoms with Crippen molar-refractivity contribution in [2.24, 2.45) is 11.8 Å². The van der Waals surface area contributed by atoms with E-state index in [1.54, 1.807) is 0 Å². The number of hydrogen-bond acceptors (Lipinski definition) is 2. The largest absolute Gasteiger partial charge is 0.416 e. The van der Waals surface area contributed by atoms with Gasteiger partial charge in [-0.2, -0.15) is 13.2 Å². The van der Waals surface area contributed by atoms with Crippen molar-refractivity contribution in [2.45, 2.75) is 37.6 Å². The highest BCUT2D eigenvalue weighted by Crippen LogP contribution is 2.50. The highest BCUT2D eigenvalue weighted by atomic mass is 79.9. The zero-order valence-electron chi connectivity index (χ0n) is 13.5. The lowest BCUT2D eigenvalue weighted by Gasteiger charge is -2.46. The Hall–Kier alpha value is -1.27. The molecule has 2 heterocycles. The van der Waals surface area contributed by atoms with Crippen LogP contribution in [0, 0.1) is 11.8 Å². The number of benzene rings is 1. The molecule has 1 N–H and O–H groups in total. The van der Waals surface area contributed by atoms with Gasteiger partial charge in [0.2, 0.25) is 0 Å². The van der Waals surface area contributed by atoms with E-state index in [0.29, 0.717) is 22.6 Å². The zero-order valence-corrected chi connectivity index (χ0v) is 15.1. The number of hydrogen-bond donors (Lipinski definition) is 1. The number of halogens is 4. The molecule has 1 unspecified atom stereocenters. The van der Waals surface area contributed by atoms with Crippen LogP contribution < -0.4 is 5.32 Å². The molecule has 4 atom stereocenters. The smallest absolute Gasteiger partial charge is 0.380 e. The fourth-order valence-corrected chi connectivity index (χ4v) is 4.82. The van der Waals surface area contributed by atoms with Gasteiger partial charge in [0.15, 0.2) is 0 Å². The van der Waals surface area contributed by atoms with Crippen molar-refractivity contribution >= 4 is 21.6 Å². The van der Waals surface area contributed by atoms with Gasteiger partial charge in [-0.3, -0.25) is 0 Å². The van der Waals surface area contributed by atoms with Gasteiger partial charge in [0.1, 0.15) is 0 Å². The van der Waals surface area contributed by atoms with Crippen LogP contribution in [0.25, 0.3) is 0 Å². The van der Waals surface area contributed by atoms with Crippen LogP contribution in [0.15, 0.2) is 40.9 Å². The number of rotatable bonds is 1. The highest BCUT2D eigenvalue weighted by molar-refractivity contribution is 9.10. The normalized spacial score (nSPS) is 31.2. The van der Waals surface area contributed by atoms with E-state index < -0.39 is 11.7 Å².